The van der Waals surface area contributed by atoms with Crippen LogP contribution in [0.3, 0.4) is 0 Å². The summed E-state index contributed by atoms with van der Waals surface area (Å²) in [4.78, 5) is 15.9. The number of rotatable bonds is 5. The zero-order valence-corrected chi connectivity index (χ0v) is 14.1. The van der Waals surface area contributed by atoms with E-state index in [9.17, 15) is 9.18 Å². The highest BCUT2D eigenvalue weighted by molar-refractivity contribution is 7.14. The zero-order chi connectivity index (χ0) is 16.4. The molecule has 0 aliphatic carbocycles. The Kier molecular flexibility index (Phi) is 4.61. The summed E-state index contributed by atoms with van der Waals surface area (Å²) in [5.74, 6) is 0.218. The monoisotopic (exact) mass is 333 g/mol. The quantitative estimate of drug-likeness (QED) is 0.858. The predicted molar refractivity (Wildman–Crippen MR) is 92.4 cm³/mol. The van der Waals surface area contributed by atoms with Gasteiger partial charge in [-0.15, -0.1) is 11.3 Å². The topological polar surface area (TPSA) is 54.0 Å². The van der Waals surface area contributed by atoms with Gasteiger partial charge >= 0.3 is 0 Å². The van der Waals surface area contributed by atoms with Crippen molar-refractivity contribution in [1.82, 2.24) is 4.98 Å². The summed E-state index contributed by atoms with van der Waals surface area (Å²) < 4.78 is 14.4. The van der Waals surface area contributed by atoms with Gasteiger partial charge in [-0.2, -0.15) is 0 Å². The molecule has 1 aliphatic heterocycles. The van der Waals surface area contributed by atoms with Crippen molar-refractivity contribution in [3.63, 3.8) is 0 Å². The molecule has 0 bridgehead atoms. The number of nitrogens with one attached hydrogen (secondary N) is 2. The maximum absolute atomic E-state index is 14.4. The van der Waals surface area contributed by atoms with Crippen LogP contribution in [-0.2, 0) is 11.2 Å². The Morgan fingerprint density at radius 3 is 3.00 bits per heavy atom. The Morgan fingerprint density at radius 1 is 1.39 bits per heavy atom. The lowest BCUT2D eigenvalue weighted by Gasteiger charge is -2.17. The summed E-state index contributed by atoms with van der Waals surface area (Å²) in [7, 11) is 0. The molecule has 4 nitrogen and oxygen atoms in total. The number of thiazole rings is 1. The van der Waals surface area contributed by atoms with E-state index >= 15 is 0 Å². The molecule has 0 unspecified atom stereocenters. The van der Waals surface area contributed by atoms with E-state index in [0.717, 1.165) is 23.7 Å². The largest absolute Gasteiger partial charge is 0.361 e. The van der Waals surface area contributed by atoms with Crippen LogP contribution in [0.15, 0.2) is 17.5 Å². The molecule has 0 saturated carbocycles. The predicted octanol–water partition coefficient (Wildman–Crippen LogP) is 4.29. The van der Waals surface area contributed by atoms with E-state index in [-0.39, 0.29) is 11.7 Å². The van der Waals surface area contributed by atoms with Crippen LogP contribution in [0.2, 0.25) is 0 Å². The average molecular weight is 333 g/mol. The number of amides is 1. The van der Waals surface area contributed by atoms with E-state index in [1.165, 1.54) is 17.4 Å². The Labute approximate surface area is 139 Å². The van der Waals surface area contributed by atoms with Crippen molar-refractivity contribution in [2.75, 3.05) is 17.2 Å². The van der Waals surface area contributed by atoms with E-state index < -0.39 is 0 Å². The second-order valence-electron chi connectivity index (χ2n) is 6.18. The number of carbonyl (C=O) groups excluding carboxylic acids is 1. The first-order valence-corrected chi connectivity index (χ1v) is 8.73. The molecular formula is C17H20FN3OS. The molecule has 2 aromatic rings. The van der Waals surface area contributed by atoms with Gasteiger partial charge in [0, 0.05) is 29.6 Å². The van der Waals surface area contributed by atoms with Gasteiger partial charge in [-0.25, -0.2) is 9.37 Å². The molecular weight excluding hydrogens is 313 g/mol. The fourth-order valence-electron chi connectivity index (χ4n) is 2.54. The molecule has 2 heterocycles. The Bertz CT molecular complexity index is 727. The summed E-state index contributed by atoms with van der Waals surface area (Å²) in [5.41, 5.74) is 2.67. The number of carbonyl (C=O) groups is 1. The average Bonchev–Trinajstić information content (AvgIpc) is 2.94. The van der Waals surface area contributed by atoms with Crippen molar-refractivity contribution in [2.24, 2.45) is 5.92 Å². The third-order valence-electron chi connectivity index (χ3n) is 3.87. The highest BCUT2D eigenvalue weighted by Gasteiger charge is 2.19. The third kappa shape index (κ3) is 3.69. The molecule has 1 aromatic carbocycles. The lowest BCUT2D eigenvalue weighted by molar-refractivity contribution is -0.116. The van der Waals surface area contributed by atoms with Crippen molar-refractivity contribution >= 4 is 28.1 Å². The number of halogens is 1. The van der Waals surface area contributed by atoms with Gasteiger partial charge in [0.05, 0.1) is 5.69 Å². The Hall–Kier alpha value is -1.95. The van der Waals surface area contributed by atoms with Gasteiger partial charge in [0.15, 0.2) is 5.13 Å². The molecule has 0 saturated heterocycles. The number of anilines is 2. The fraction of sp³-hybridized carbons (Fsp3) is 0.412. The second kappa shape index (κ2) is 6.66. The molecule has 0 radical (unpaired) electrons. The van der Waals surface area contributed by atoms with Crippen LogP contribution >= 0.6 is 11.3 Å². The minimum atomic E-state index is -0.356. The van der Waals surface area contributed by atoms with E-state index in [1.54, 1.807) is 6.07 Å². The summed E-state index contributed by atoms with van der Waals surface area (Å²) in [5, 5.41) is 8.67. The van der Waals surface area contributed by atoms with Gasteiger partial charge in [0.1, 0.15) is 5.82 Å². The second-order valence-corrected chi connectivity index (χ2v) is 7.04. The molecule has 0 spiro atoms. The zero-order valence-electron chi connectivity index (χ0n) is 13.3. The van der Waals surface area contributed by atoms with Crippen molar-refractivity contribution in [2.45, 2.75) is 33.1 Å². The molecule has 1 aliphatic rings. The number of hydrogen-bond donors (Lipinski definition) is 2. The first-order valence-electron chi connectivity index (χ1n) is 7.85. The van der Waals surface area contributed by atoms with E-state index in [4.69, 9.17) is 0 Å². The van der Waals surface area contributed by atoms with Crippen molar-refractivity contribution < 1.29 is 9.18 Å². The van der Waals surface area contributed by atoms with Crippen LogP contribution in [0.1, 0.15) is 32.3 Å². The normalized spacial score (nSPS) is 13.8. The number of nitrogens with zero attached hydrogens (tertiary/aromatic N) is 1. The first kappa shape index (κ1) is 15.9. The molecule has 1 amide bonds. The fourth-order valence-corrected chi connectivity index (χ4v) is 3.28. The number of fused-ring (bicyclic) bond motifs is 1. The molecule has 23 heavy (non-hydrogen) atoms. The smallest absolute Gasteiger partial charge is 0.224 e. The van der Waals surface area contributed by atoms with Crippen LogP contribution in [0, 0.1) is 11.7 Å². The van der Waals surface area contributed by atoms with Crippen molar-refractivity contribution in [1.29, 1.82) is 0 Å². The highest BCUT2D eigenvalue weighted by Crippen LogP contribution is 2.33. The summed E-state index contributed by atoms with van der Waals surface area (Å²) >= 11 is 1.48. The molecule has 0 fully saturated rings. The van der Waals surface area contributed by atoms with E-state index in [0.29, 0.717) is 35.7 Å². The van der Waals surface area contributed by atoms with Crippen LogP contribution in [0.5, 0.6) is 0 Å². The van der Waals surface area contributed by atoms with Crippen molar-refractivity contribution in [3.05, 3.63) is 28.9 Å². The number of benzene rings is 1. The minimum Gasteiger partial charge on any atom is -0.361 e. The van der Waals surface area contributed by atoms with Gasteiger partial charge in [-0.3, -0.25) is 4.79 Å². The van der Waals surface area contributed by atoms with Crippen LogP contribution in [-0.4, -0.2) is 17.4 Å². The SMILES string of the molecule is CC(C)CCNc1nc(-c2cc3c(cc2F)NC(=O)CC3)cs1. The summed E-state index contributed by atoms with van der Waals surface area (Å²) in [6.07, 6.45) is 2.15. The van der Waals surface area contributed by atoms with Crippen LogP contribution in [0.25, 0.3) is 11.3 Å². The number of aryl methyl sites for hydroxylation is 1. The Morgan fingerprint density at radius 2 is 2.22 bits per heavy atom. The van der Waals surface area contributed by atoms with Crippen molar-refractivity contribution in [3.8, 4) is 11.3 Å². The van der Waals surface area contributed by atoms with E-state index in [2.05, 4.69) is 29.5 Å². The summed E-state index contributed by atoms with van der Waals surface area (Å²) in [6.45, 7) is 5.22. The van der Waals surface area contributed by atoms with Crippen LogP contribution in [0.4, 0.5) is 15.2 Å². The minimum absolute atomic E-state index is 0.0602. The lowest BCUT2D eigenvalue weighted by atomic mass is 9.99. The van der Waals surface area contributed by atoms with Gasteiger partial charge in [-0.05, 0) is 36.5 Å². The standard InChI is InChI=1S/C17H20FN3OS/c1-10(2)5-6-19-17-21-15(9-23-17)12-7-11-3-4-16(22)20-14(11)8-13(12)18/h7-10H,3-6H2,1-2H3,(H,19,21)(H,20,22). The van der Waals surface area contributed by atoms with E-state index in [1.807, 2.05) is 5.38 Å². The maximum Gasteiger partial charge on any atom is 0.224 e. The molecule has 2 N–H and O–H groups in total. The summed E-state index contributed by atoms with van der Waals surface area (Å²) in [6, 6.07) is 3.20. The van der Waals surface area contributed by atoms with Gasteiger partial charge in [0.25, 0.3) is 0 Å². The molecule has 0 atom stereocenters. The highest BCUT2D eigenvalue weighted by atomic mass is 32.1. The lowest BCUT2D eigenvalue weighted by Crippen LogP contribution is -2.19. The van der Waals surface area contributed by atoms with Gasteiger partial charge < -0.3 is 10.6 Å². The molecule has 3 rings (SSSR count). The first-order chi connectivity index (χ1) is 11.0. The maximum atomic E-state index is 14.4. The number of aromatic nitrogens is 1. The molecule has 6 heteroatoms. The molecule has 1 aromatic heterocycles. The number of hydrogen-bond acceptors (Lipinski definition) is 4. The third-order valence-corrected chi connectivity index (χ3v) is 4.67. The molecule has 122 valence electrons. The Balaban J connectivity index is 1.79. The van der Waals surface area contributed by atoms with Crippen LogP contribution < -0.4 is 10.6 Å². The van der Waals surface area contributed by atoms with Gasteiger partial charge in [0.2, 0.25) is 5.91 Å². The van der Waals surface area contributed by atoms with Gasteiger partial charge in [-0.1, -0.05) is 13.8 Å².